The summed E-state index contributed by atoms with van der Waals surface area (Å²) in [5.41, 5.74) is 7.57. The van der Waals surface area contributed by atoms with Gasteiger partial charge in [-0.3, -0.25) is 4.79 Å². The summed E-state index contributed by atoms with van der Waals surface area (Å²) in [4.78, 5) is 27.4. The van der Waals surface area contributed by atoms with Gasteiger partial charge in [-0.2, -0.15) is 0 Å². The van der Waals surface area contributed by atoms with Crippen molar-refractivity contribution in [2.24, 2.45) is 5.92 Å². The van der Waals surface area contributed by atoms with Crippen LogP contribution < -0.4 is 5.73 Å². The van der Waals surface area contributed by atoms with Crippen molar-refractivity contribution in [2.75, 3.05) is 12.8 Å². The van der Waals surface area contributed by atoms with Gasteiger partial charge in [0.1, 0.15) is 21.7 Å². The third-order valence-corrected chi connectivity index (χ3v) is 6.52. The van der Waals surface area contributed by atoms with Crippen molar-refractivity contribution >= 4 is 33.4 Å². The highest BCUT2D eigenvalue weighted by Crippen LogP contribution is 2.50. The van der Waals surface area contributed by atoms with Crippen molar-refractivity contribution in [1.29, 1.82) is 0 Å². The van der Waals surface area contributed by atoms with Crippen LogP contribution in [0.25, 0.3) is 20.9 Å². The molecule has 1 aromatic carbocycles. The van der Waals surface area contributed by atoms with Crippen LogP contribution in [0.5, 0.6) is 0 Å². The van der Waals surface area contributed by atoms with Gasteiger partial charge in [-0.15, -0.1) is 0 Å². The van der Waals surface area contributed by atoms with Crippen molar-refractivity contribution in [1.82, 2.24) is 19.9 Å². The number of benzene rings is 1. The minimum Gasteiger partial charge on any atom is -0.382 e. The van der Waals surface area contributed by atoms with Crippen LogP contribution >= 0.6 is 11.3 Å². The molecule has 3 N–H and O–H groups in total. The van der Waals surface area contributed by atoms with Gasteiger partial charge in [-0.25, -0.2) is 15.0 Å². The maximum Gasteiger partial charge on any atom is 0.267 e. The van der Waals surface area contributed by atoms with E-state index in [0.29, 0.717) is 16.9 Å². The fourth-order valence-corrected chi connectivity index (χ4v) is 4.76. The van der Waals surface area contributed by atoms with Crippen molar-refractivity contribution in [3.8, 4) is 22.4 Å². The number of hydrogen-bond donors (Lipinski definition) is 2. The standard InChI is InChI=1S/C20H17N5O2S/c1-10-3-4-11(5-6-20(27)13-8-14(13)25(2)19(20)26)7-12(10)17-24-15-16(21)22-9-23-18(15)28-17/h3-4,7,9,13-14,27H,8H2,1-2H3,(H2,21,22,23)/t13-,14?,20-/m0/s1. The maximum absolute atomic E-state index is 12.3. The van der Waals surface area contributed by atoms with Gasteiger partial charge in [0.15, 0.2) is 5.82 Å². The highest BCUT2D eigenvalue weighted by Gasteiger charge is 2.66. The van der Waals surface area contributed by atoms with E-state index in [0.717, 1.165) is 27.4 Å². The zero-order valence-corrected chi connectivity index (χ0v) is 16.1. The van der Waals surface area contributed by atoms with Gasteiger partial charge in [0.25, 0.3) is 5.91 Å². The van der Waals surface area contributed by atoms with E-state index < -0.39 is 5.60 Å². The Morgan fingerprint density at radius 1 is 1.39 bits per heavy atom. The molecule has 3 atom stereocenters. The minimum atomic E-state index is -1.58. The van der Waals surface area contributed by atoms with Crippen LogP contribution in [-0.4, -0.2) is 49.6 Å². The van der Waals surface area contributed by atoms with E-state index in [-0.39, 0.29) is 17.9 Å². The summed E-state index contributed by atoms with van der Waals surface area (Å²) in [6, 6.07) is 5.87. The average Bonchev–Trinajstić information content (AvgIpc) is 3.33. The Kier molecular flexibility index (Phi) is 3.50. The summed E-state index contributed by atoms with van der Waals surface area (Å²) in [7, 11) is 1.72. The molecule has 2 aliphatic rings. The summed E-state index contributed by atoms with van der Waals surface area (Å²) in [5.74, 6) is 5.78. The molecule has 2 aromatic heterocycles. The molecule has 1 saturated heterocycles. The molecular weight excluding hydrogens is 374 g/mol. The van der Waals surface area contributed by atoms with E-state index in [4.69, 9.17) is 5.73 Å². The second kappa shape index (κ2) is 5.74. The number of thiazole rings is 1. The van der Waals surface area contributed by atoms with Gasteiger partial charge in [0.05, 0.1) is 0 Å². The third-order valence-electron chi connectivity index (χ3n) is 5.53. The van der Waals surface area contributed by atoms with Crippen LogP contribution in [-0.2, 0) is 4.79 Å². The number of hydrogen-bond acceptors (Lipinski definition) is 7. The number of amides is 1. The number of aryl methyl sites for hydroxylation is 1. The molecule has 1 unspecified atom stereocenters. The fraction of sp³-hybridized carbons (Fsp3) is 0.300. The third kappa shape index (κ3) is 2.40. The van der Waals surface area contributed by atoms with Crippen molar-refractivity contribution in [2.45, 2.75) is 25.0 Å². The van der Waals surface area contributed by atoms with Crippen LogP contribution in [0.4, 0.5) is 5.82 Å². The lowest BCUT2D eigenvalue weighted by Gasteiger charge is -2.18. The molecule has 5 rings (SSSR count). The molecule has 1 aliphatic carbocycles. The number of anilines is 1. The van der Waals surface area contributed by atoms with Crippen molar-refractivity contribution in [3.63, 3.8) is 0 Å². The molecule has 3 heterocycles. The van der Waals surface area contributed by atoms with Gasteiger partial charge in [-0.1, -0.05) is 29.2 Å². The fourth-order valence-electron chi connectivity index (χ4n) is 3.77. The molecule has 28 heavy (non-hydrogen) atoms. The maximum atomic E-state index is 12.3. The van der Waals surface area contributed by atoms with Gasteiger partial charge < -0.3 is 15.7 Å². The molecule has 1 amide bonds. The summed E-state index contributed by atoms with van der Waals surface area (Å²) in [5, 5.41) is 11.5. The summed E-state index contributed by atoms with van der Waals surface area (Å²) in [6.45, 7) is 1.99. The predicted octanol–water partition coefficient (Wildman–Crippen LogP) is 1.59. The minimum absolute atomic E-state index is 0.0896. The lowest BCUT2D eigenvalue weighted by atomic mass is 9.98. The smallest absolute Gasteiger partial charge is 0.267 e. The average molecular weight is 391 g/mol. The number of piperidine rings is 1. The number of nitrogens with two attached hydrogens (primary N) is 1. The number of likely N-dealkylation sites (tertiary alicyclic amines) is 1. The Morgan fingerprint density at radius 2 is 2.21 bits per heavy atom. The van der Waals surface area contributed by atoms with Crippen LogP contribution in [0.2, 0.25) is 0 Å². The number of nitrogen functional groups attached to an aromatic ring is 1. The zero-order chi connectivity index (χ0) is 19.6. The normalized spacial score (nSPS) is 25.5. The highest BCUT2D eigenvalue weighted by atomic mass is 32.1. The first-order chi connectivity index (χ1) is 13.4. The van der Waals surface area contributed by atoms with E-state index in [1.54, 1.807) is 11.9 Å². The monoisotopic (exact) mass is 391 g/mol. The predicted molar refractivity (Wildman–Crippen MR) is 106 cm³/mol. The Balaban J connectivity index is 1.54. The lowest BCUT2D eigenvalue weighted by Crippen LogP contribution is -2.41. The molecule has 1 saturated carbocycles. The molecule has 7 nitrogen and oxygen atoms in total. The van der Waals surface area contributed by atoms with E-state index in [1.807, 2.05) is 25.1 Å². The molecule has 140 valence electrons. The number of likely N-dealkylation sites (N-methyl/N-ethyl adjacent to an activating group) is 1. The topological polar surface area (TPSA) is 105 Å². The van der Waals surface area contributed by atoms with Gasteiger partial charge >= 0.3 is 0 Å². The Bertz CT molecular complexity index is 1210. The quantitative estimate of drug-likeness (QED) is 0.611. The number of fused-ring (bicyclic) bond motifs is 2. The number of aromatic nitrogens is 3. The summed E-state index contributed by atoms with van der Waals surface area (Å²) in [6.07, 6.45) is 2.23. The molecule has 1 aliphatic heterocycles. The highest BCUT2D eigenvalue weighted by molar-refractivity contribution is 7.21. The zero-order valence-electron chi connectivity index (χ0n) is 15.3. The van der Waals surface area contributed by atoms with E-state index >= 15 is 0 Å². The molecular formula is C20H17N5O2S. The van der Waals surface area contributed by atoms with Crippen molar-refractivity contribution < 1.29 is 9.90 Å². The molecule has 3 aromatic rings. The SMILES string of the molecule is Cc1ccc(C#C[C@@]2(O)C(=O)N(C)C3C[C@@H]32)cc1-c1nc2c(N)ncnc2s1. The van der Waals surface area contributed by atoms with Crippen LogP contribution in [0.1, 0.15) is 17.5 Å². The van der Waals surface area contributed by atoms with Gasteiger partial charge in [-0.05, 0) is 31.0 Å². The van der Waals surface area contributed by atoms with Crippen LogP contribution in [0, 0.1) is 24.7 Å². The first-order valence-electron chi connectivity index (χ1n) is 8.89. The largest absolute Gasteiger partial charge is 0.382 e. The summed E-state index contributed by atoms with van der Waals surface area (Å²) >= 11 is 1.44. The summed E-state index contributed by atoms with van der Waals surface area (Å²) < 4.78 is 0. The number of aliphatic hydroxyl groups is 1. The number of rotatable bonds is 1. The second-order valence-corrected chi connectivity index (χ2v) is 8.28. The van der Waals surface area contributed by atoms with Crippen LogP contribution in [0.3, 0.4) is 0 Å². The molecule has 8 heteroatoms. The molecule has 0 radical (unpaired) electrons. The van der Waals surface area contributed by atoms with Crippen molar-refractivity contribution in [3.05, 3.63) is 35.7 Å². The lowest BCUT2D eigenvalue weighted by molar-refractivity contribution is -0.140. The van der Waals surface area contributed by atoms with Gasteiger partial charge in [0, 0.05) is 30.1 Å². The van der Waals surface area contributed by atoms with Crippen LogP contribution in [0.15, 0.2) is 24.5 Å². The van der Waals surface area contributed by atoms with Gasteiger partial charge in [0.2, 0.25) is 5.60 Å². The number of nitrogens with zero attached hydrogens (tertiary/aromatic N) is 4. The Hall–Kier alpha value is -3.02. The van der Waals surface area contributed by atoms with E-state index in [2.05, 4.69) is 26.8 Å². The van der Waals surface area contributed by atoms with E-state index in [9.17, 15) is 9.90 Å². The second-order valence-electron chi connectivity index (χ2n) is 7.30. The molecule has 0 bridgehead atoms. The molecule has 0 spiro atoms. The number of carbonyl (C=O) groups is 1. The Morgan fingerprint density at radius 3 is 2.93 bits per heavy atom. The van der Waals surface area contributed by atoms with E-state index in [1.165, 1.54) is 17.7 Å². The first kappa shape index (κ1) is 17.1. The molecule has 2 fully saturated rings. The Labute approximate surface area is 165 Å². The number of carbonyl (C=O) groups excluding carboxylic acids is 1. The first-order valence-corrected chi connectivity index (χ1v) is 9.71.